The lowest BCUT2D eigenvalue weighted by Crippen LogP contribution is -2.23. The number of aliphatic hydroxyl groups excluding tert-OH is 1. The molecule has 0 fully saturated rings. The minimum atomic E-state index is 0.0269. The number of aliphatic hydroxyl groups is 1. The van der Waals surface area contributed by atoms with E-state index in [2.05, 4.69) is 25.3 Å². The standard InChI is InChI=1S/C16H18N6O/c1-11-3-5-12(6-4-11)19-15-13-14(18-8-7-17-13)20-16(21-15)22(2)9-10-23/h3-8,23H,9-10H2,1-2H3,(H,18,19,20,21). The highest BCUT2D eigenvalue weighted by Crippen LogP contribution is 2.23. The summed E-state index contributed by atoms with van der Waals surface area (Å²) in [5.74, 6) is 1.08. The van der Waals surface area contributed by atoms with Crippen LogP contribution in [0.25, 0.3) is 11.2 Å². The SMILES string of the molecule is Cc1ccc(Nc2nc(N(C)CCO)nc3nccnc23)cc1. The molecule has 0 spiro atoms. The Labute approximate surface area is 134 Å². The van der Waals surface area contributed by atoms with Gasteiger partial charge in [-0.15, -0.1) is 0 Å². The number of hydrogen-bond donors (Lipinski definition) is 2. The van der Waals surface area contributed by atoms with Crippen molar-refractivity contribution in [3.8, 4) is 0 Å². The highest BCUT2D eigenvalue weighted by molar-refractivity contribution is 5.85. The van der Waals surface area contributed by atoms with Gasteiger partial charge in [0.1, 0.15) is 0 Å². The second-order valence-electron chi connectivity index (χ2n) is 5.24. The number of rotatable bonds is 5. The van der Waals surface area contributed by atoms with E-state index in [-0.39, 0.29) is 6.61 Å². The number of nitrogens with zero attached hydrogens (tertiary/aromatic N) is 5. The number of likely N-dealkylation sites (N-methyl/N-ethyl adjacent to an activating group) is 1. The van der Waals surface area contributed by atoms with Gasteiger partial charge in [0.05, 0.1) is 6.61 Å². The van der Waals surface area contributed by atoms with Gasteiger partial charge in [-0.1, -0.05) is 17.7 Å². The topological polar surface area (TPSA) is 87.1 Å². The number of fused-ring (bicyclic) bond motifs is 1. The molecular weight excluding hydrogens is 292 g/mol. The van der Waals surface area contributed by atoms with Crippen molar-refractivity contribution in [2.45, 2.75) is 6.92 Å². The smallest absolute Gasteiger partial charge is 0.229 e. The summed E-state index contributed by atoms with van der Waals surface area (Å²) in [4.78, 5) is 19.3. The van der Waals surface area contributed by atoms with E-state index in [1.165, 1.54) is 5.56 Å². The molecule has 3 aromatic rings. The van der Waals surface area contributed by atoms with Crippen LogP contribution in [0.3, 0.4) is 0 Å². The summed E-state index contributed by atoms with van der Waals surface area (Å²) in [6.45, 7) is 2.51. The summed E-state index contributed by atoms with van der Waals surface area (Å²) in [5.41, 5.74) is 3.22. The van der Waals surface area contributed by atoms with Crippen molar-refractivity contribution in [3.05, 3.63) is 42.2 Å². The Balaban J connectivity index is 2.04. The molecule has 2 heterocycles. The van der Waals surface area contributed by atoms with E-state index >= 15 is 0 Å². The molecule has 0 bridgehead atoms. The van der Waals surface area contributed by atoms with Gasteiger partial charge in [0.25, 0.3) is 0 Å². The molecule has 2 aromatic heterocycles. The second kappa shape index (κ2) is 6.53. The van der Waals surface area contributed by atoms with Gasteiger partial charge >= 0.3 is 0 Å². The molecule has 0 saturated carbocycles. The third-order valence-electron chi connectivity index (χ3n) is 3.41. The first-order valence-electron chi connectivity index (χ1n) is 7.32. The first kappa shape index (κ1) is 15.1. The van der Waals surface area contributed by atoms with Gasteiger partial charge in [-0.05, 0) is 19.1 Å². The number of hydrogen-bond acceptors (Lipinski definition) is 7. The van der Waals surface area contributed by atoms with Crippen molar-refractivity contribution in [1.82, 2.24) is 19.9 Å². The molecule has 0 atom stereocenters. The van der Waals surface area contributed by atoms with Crippen LogP contribution in [0.1, 0.15) is 5.56 Å². The molecule has 0 aliphatic carbocycles. The molecular formula is C16H18N6O. The zero-order valence-corrected chi connectivity index (χ0v) is 13.1. The van der Waals surface area contributed by atoms with E-state index in [1.54, 1.807) is 17.3 Å². The average molecular weight is 310 g/mol. The zero-order chi connectivity index (χ0) is 16.2. The third-order valence-corrected chi connectivity index (χ3v) is 3.41. The Bertz CT molecular complexity index is 805. The summed E-state index contributed by atoms with van der Waals surface area (Å²) in [7, 11) is 1.82. The van der Waals surface area contributed by atoms with Crippen molar-refractivity contribution in [3.63, 3.8) is 0 Å². The molecule has 1 aromatic carbocycles. The average Bonchev–Trinajstić information content (AvgIpc) is 2.57. The van der Waals surface area contributed by atoms with Crippen LogP contribution in [-0.4, -0.2) is 45.2 Å². The van der Waals surface area contributed by atoms with Crippen LogP contribution in [0, 0.1) is 6.92 Å². The van der Waals surface area contributed by atoms with Gasteiger partial charge in [0.2, 0.25) is 5.95 Å². The maximum absolute atomic E-state index is 9.10. The molecule has 0 saturated heterocycles. The lowest BCUT2D eigenvalue weighted by molar-refractivity contribution is 0.303. The molecule has 0 unspecified atom stereocenters. The van der Waals surface area contributed by atoms with Crippen LogP contribution in [-0.2, 0) is 0 Å². The molecule has 2 N–H and O–H groups in total. The zero-order valence-electron chi connectivity index (χ0n) is 13.1. The summed E-state index contributed by atoms with van der Waals surface area (Å²) >= 11 is 0. The quantitative estimate of drug-likeness (QED) is 0.744. The maximum atomic E-state index is 9.10. The number of aryl methyl sites for hydroxylation is 1. The molecule has 23 heavy (non-hydrogen) atoms. The lowest BCUT2D eigenvalue weighted by atomic mass is 10.2. The lowest BCUT2D eigenvalue weighted by Gasteiger charge is -2.17. The summed E-state index contributed by atoms with van der Waals surface area (Å²) in [6, 6.07) is 8.01. The summed E-state index contributed by atoms with van der Waals surface area (Å²) in [5, 5.41) is 12.4. The van der Waals surface area contributed by atoms with Gasteiger partial charge in [0.15, 0.2) is 17.0 Å². The largest absolute Gasteiger partial charge is 0.395 e. The van der Waals surface area contributed by atoms with Crippen molar-refractivity contribution in [2.24, 2.45) is 0 Å². The Kier molecular flexibility index (Phi) is 4.29. The van der Waals surface area contributed by atoms with E-state index in [9.17, 15) is 0 Å². The fraction of sp³-hybridized carbons (Fsp3) is 0.250. The van der Waals surface area contributed by atoms with Crippen LogP contribution < -0.4 is 10.2 Å². The molecule has 3 rings (SSSR count). The summed E-state index contributed by atoms with van der Waals surface area (Å²) in [6.07, 6.45) is 3.21. The van der Waals surface area contributed by atoms with E-state index in [0.717, 1.165) is 5.69 Å². The number of anilines is 3. The Morgan fingerprint density at radius 3 is 2.57 bits per heavy atom. The highest BCUT2D eigenvalue weighted by atomic mass is 16.3. The minimum Gasteiger partial charge on any atom is -0.395 e. The van der Waals surface area contributed by atoms with Gasteiger partial charge in [-0.3, -0.25) is 0 Å². The monoisotopic (exact) mass is 310 g/mol. The Hall–Kier alpha value is -2.80. The molecule has 0 aliphatic rings. The van der Waals surface area contributed by atoms with E-state index < -0.39 is 0 Å². The van der Waals surface area contributed by atoms with E-state index in [0.29, 0.717) is 29.5 Å². The molecule has 118 valence electrons. The fourth-order valence-corrected chi connectivity index (χ4v) is 2.13. The van der Waals surface area contributed by atoms with Crippen LogP contribution >= 0.6 is 0 Å². The van der Waals surface area contributed by atoms with E-state index in [1.807, 2.05) is 38.2 Å². The van der Waals surface area contributed by atoms with Crippen molar-refractivity contribution in [1.29, 1.82) is 0 Å². The van der Waals surface area contributed by atoms with Gasteiger partial charge in [-0.2, -0.15) is 9.97 Å². The minimum absolute atomic E-state index is 0.0269. The number of aromatic nitrogens is 4. The third kappa shape index (κ3) is 3.35. The van der Waals surface area contributed by atoms with Crippen LogP contribution in [0.4, 0.5) is 17.5 Å². The molecule has 7 heteroatoms. The summed E-state index contributed by atoms with van der Waals surface area (Å²) < 4.78 is 0. The highest BCUT2D eigenvalue weighted by Gasteiger charge is 2.12. The first-order chi connectivity index (χ1) is 11.2. The molecule has 0 aliphatic heterocycles. The van der Waals surface area contributed by atoms with Crippen molar-refractivity contribution in [2.75, 3.05) is 30.4 Å². The Morgan fingerprint density at radius 2 is 1.83 bits per heavy atom. The van der Waals surface area contributed by atoms with Gasteiger partial charge in [0, 0.05) is 31.7 Å². The number of nitrogens with one attached hydrogen (secondary N) is 1. The maximum Gasteiger partial charge on any atom is 0.229 e. The van der Waals surface area contributed by atoms with Crippen LogP contribution in [0.15, 0.2) is 36.7 Å². The van der Waals surface area contributed by atoms with Crippen LogP contribution in [0.2, 0.25) is 0 Å². The van der Waals surface area contributed by atoms with Crippen molar-refractivity contribution >= 4 is 28.6 Å². The van der Waals surface area contributed by atoms with E-state index in [4.69, 9.17) is 5.11 Å². The van der Waals surface area contributed by atoms with Crippen LogP contribution in [0.5, 0.6) is 0 Å². The number of benzene rings is 1. The normalized spacial score (nSPS) is 10.7. The molecule has 0 radical (unpaired) electrons. The molecule has 0 amide bonds. The van der Waals surface area contributed by atoms with Crippen molar-refractivity contribution < 1.29 is 5.11 Å². The predicted molar refractivity (Wildman–Crippen MR) is 89.9 cm³/mol. The second-order valence-corrected chi connectivity index (χ2v) is 5.24. The Morgan fingerprint density at radius 1 is 1.09 bits per heavy atom. The van der Waals surface area contributed by atoms with Gasteiger partial charge in [-0.25, -0.2) is 9.97 Å². The molecule has 7 nitrogen and oxygen atoms in total. The predicted octanol–water partition coefficient (Wildman–Crippen LogP) is 1.90. The first-order valence-corrected chi connectivity index (χ1v) is 7.32. The van der Waals surface area contributed by atoms with Gasteiger partial charge < -0.3 is 15.3 Å². The fourth-order valence-electron chi connectivity index (χ4n) is 2.13.